The SMILES string of the molecule is O=C(c1ccccc1)N1CCC(COc2ccccc2)CC1. The lowest BCUT2D eigenvalue weighted by Gasteiger charge is -2.32. The topological polar surface area (TPSA) is 29.5 Å². The fourth-order valence-electron chi connectivity index (χ4n) is 2.80. The number of carbonyl (C=O) groups excluding carboxylic acids is 1. The van der Waals surface area contributed by atoms with Gasteiger partial charge in [-0.1, -0.05) is 36.4 Å². The molecule has 3 heteroatoms. The van der Waals surface area contributed by atoms with Crippen LogP contribution in [0.4, 0.5) is 0 Å². The second-order valence-electron chi connectivity index (χ2n) is 5.73. The fraction of sp³-hybridized carbons (Fsp3) is 0.316. The highest BCUT2D eigenvalue weighted by atomic mass is 16.5. The van der Waals surface area contributed by atoms with Crippen LogP contribution in [0.2, 0.25) is 0 Å². The molecule has 2 aromatic carbocycles. The summed E-state index contributed by atoms with van der Waals surface area (Å²) in [6.07, 6.45) is 2.01. The average molecular weight is 295 g/mol. The van der Waals surface area contributed by atoms with Crippen LogP contribution in [-0.2, 0) is 0 Å². The number of rotatable bonds is 4. The molecule has 0 saturated carbocycles. The summed E-state index contributed by atoms with van der Waals surface area (Å²) in [6, 6.07) is 19.4. The van der Waals surface area contributed by atoms with Gasteiger partial charge in [0.25, 0.3) is 5.91 Å². The Morgan fingerprint density at radius 2 is 1.55 bits per heavy atom. The van der Waals surface area contributed by atoms with Crippen LogP contribution in [0.5, 0.6) is 5.75 Å². The lowest BCUT2D eigenvalue weighted by Crippen LogP contribution is -2.39. The molecule has 114 valence electrons. The number of nitrogens with zero attached hydrogens (tertiary/aromatic N) is 1. The Hall–Kier alpha value is -2.29. The van der Waals surface area contributed by atoms with Crippen LogP contribution in [0.3, 0.4) is 0 Å². The van der Waals surface area contributed by atoms with Crippen LogP contribution in [0.15, 0.2) is 60.7 Å². The van der Waals surface area contributed by atoms with E-state index in [2.05, 4.69) is 0 Å². The van der Waals surface area contributed by atoms with Gasteiger partial charge in [0.2, 0.25) is 0 Å². The molecule has 3 nitrogen and oxygen atoms in total. The van der Waals surface area contributed by atoms with Crippen molar-refractivity contribution in [3.8, 4) is 5.75 Å². The fourth-order valence-corrected chi connectivity index (χ4v) is 2.80. The van der Waals surface area contributed by atoms with E-state index in [0.29, 0.717) is 5.92 Å². The van der Waals surface area contributed by atoms with E-state index in [4.69, 9.17) is 4.74 Å². The molecule has 0 atom stereocenters. The summed E-state index contributed by atoms with van der Waals surface area (Å²) >= 11 is 0. The molecule has 0 radical (unpaired) electrons. The van der Waals surface area contributed by atoms with Gasteiger partial charge in [-0.05, 0) is 43.0 Å². The van der Waals surface area contributed by atoms with Gasteiger partial charge in [0.05, 0.1) is 6.61 Å². The third-order valence-corrected chi connectivity index (χ3v) is 4.15. The molecule has 0 aromatic heterocycles. The summed E-state index contributed by atoms with van der Waals surface area (Å²) < 4.78 is 5.82. The van der Waals surface area contributed by atoms with Crippen LogP contribution in [0.1, 0.15) is 23.2 Å². The smallest absolute Gasteiger partial charge is 0.253 e. The van der Waals surface area contributed by atoms with Gasteiger partial charge in [-0.15, -0.1) is 0 Å². The largest absolute Gasteiger partial charge is 0.493 e. The van der Waals surface area contributed by atoms with Crippen molar-refractivity contribution in [1.29, 1.82) is 0 Å². The minimum Gasteiger partial charge on any atom is -0.493 e. The molecule has 1 aliphatic heterocycles. The number of ether oxygens (including phenoxy) is 1. The zero-order valence-electron chi connectivity index (χ0n) is 12.7. The van der Waals surface area contributed by atoms with Gasteiger partial charge in [0.1, 0.15) is 5.75 Å². The van der Waals surface area contributed by atoms with Crippen LogP contribution in [0.25, 0.3) is 0 Å². The highest BCUT2D eigenvalue weighted by Crippen LogP contribution is 2.20. The van der Waals surface area contributed by atoms with Crippen molar-refractivity contribution in [3.63, 3.8) is 0 Å². The molecule has 0 N–H and O–H groups in total. The number of likely N-dealkylation sites (tertiary alicyclic amines) is 1. The van der Waals surface area contributed by atoms with Crippen molar-refractivity contribution in [2.75, 3.05) is 19.7 Å². The normalized spacial score (nSPS) is 15.5. The van der Waals surface area contributed by atoms with Crippen LogP contribution < -0.4 is 4.74 Å². The molecule has 0 aliphatic carbocycles. The Morgan fingerprint density at radius 3 is 2.18 bits per heavy atom. The van der Waals surface area contributed by atoms with Gasteiger partial charge in [-0.2, -0.15) is 0 Å². The van der Waals surface area contributed by atoms with Gasteiger partial charge in [-0.25, -0.2) is 0 Å². The third-order valence-electron chi connectivity index (χ3n) is 4.15. The van der Waals surface area contributed by atoms with E-state index >= 15 is 0 Å². The number of carbonyl (C=O) groups is 1. The van der Waals surface area contributed by atoms with Crippen molar-refractivity contribution in [3.05, 3.63) is 66.2 Å². The summed E-state index contributed by atoms with van der Waals surface area (Å²) in [5, 5.41) is 0. The molecule has 0 bridgehead atoms. The zero-order valence-corrected chi connectivity index (χ0v) is 12.7. The maximum Gasteiger partial charge on any atom is 0.253 e. The van der Waals surface area contributed by atoms with Crippen molar-refractivity contribution in [2.45, 2.75) is 12.8 Å². The molecule has 0 unspecified atom stereocenters. The lowest BCUT2D eigenvalue weighted by molar-refractivity contribution is 0.0661. The summed E-state index contributed by atoms with van der Waals surface area (Å²) in [5.74, 6) is 1.59. The second kappa shape index (κ2) is 7.12. The molecule has 22 heavy (non-hydrogen) atoms. The summed E-state index contributed by atoms with van der Waals surface area (Å²) in [6.45, 7) is 2.37. The van der Waals surface area contributed by atoms with Gasteiger partial charge >= 0.3 is 0 Å². The molecule has 1 aliphatic rings. The van der Waals surface area contributed by atoms with Gasteiger partial charge in [0, 0.05) is 18.7 Å². The summed E-state index contributed by atoms with van der Waals surface area (Å²) in [5.41, 5.74) is 0.779. The number of hydrogen-bond donors (Lipinski definition) is 0. The van der Waals surface area contributed by atoms with Crippen molar-refractivity contribution >= 4 is 5.91 Å². The first-order chi connectivity index (χ1) is 10.8. The van der Waals surface area contributed by atoms with E-state index in [1.54, 1.807) is 0 Å². The number of piperidine rings is 1. The molecule has 0 spiro atoms. The van der Waals surface area contributed by atoms with Crippen molar-refractivity contribution < 1.29 is 9.53 Å². The van der Waals surface area contributed by atoms with E-state index in [0.717, 1.165) is 43.9 Å². The van der Waals surface area contributed by atoms with Gasteiger partial charge in [-0.3, -0.25) is 4.79 Å². The first kappa shape index (κ1) is 14.6. The van der Waals surface area contributed by atoms with Crippen LogP contribution in [0, 0.1) is 5.92 Å². The minimum atomic E-state index is 0.142. The Kier molecular flexibility index (Phi) is 4.74. The highest BCUT2D eigenvalue weighted by molar-refractivity contribution is 5.94. The first-order valence-corrected chi connectivity index (χ1v) is 7.85. The van der Waals surface area contributed by atoms with Gasteiger partial charge < -0.3 is 9.64 Å². The van der Waals surface area contributed by atoms with Crippen LogP contribution in [-0.4, -0.2) is 30.5 Å². The Morgan fingerprint density at radius 1 is 0.955 bits per heavy atom. The number of benzene rings is 2. The predicted molar refractivity (Wildman–Crippen MR) is 87.0 cm³/mol. The van der Waals surface area contributed by atoms with Gasteiger partial charge in [0.15, 0.2) is 0 Å². The van der Waals surface area contributed by atoms with E-state index in [1.807, 2.05) is 65.6 Å². The Balaban J connectivity index is 1.47. The molecule has 1 saturated heterocycles. The first-order valence-electron chi connectivity index (χ1n) is 7.85. The molecule has 1 fully saturated rings. The zero-order chi connectivity index (χ0) is 15.2. The Labute approximate surface area is 131 Å². The summed E-state index contributed by atoms with van der Waals surface area (Å²) in [4.78, 5) is 14.3. The predicted octanol–water partition coefficient (Wildman–Crippen LogP) is 3.62. The van der Waals surface area contributed by atoms with E-state index < -0.39 is 0 Å². The minimum absolute atomic E-state index is 0.142. The standard InChI is InChI=1S/C19H21NO2/c21-19(17-7-3-1-4-8-17)20-13-11-16(12-14-20)15-22-18-9-5-2-6-10-18/h1-10,16H,11-15H2. The molecular weight excluding hydrogens is 274 g/mol. The van der Waals surface area contributed by atoms with Crippen LogP contribution >= 0.6 is 0 Å². The number of hydrogen-bond acceptors (Lipinski definition) is 2. The Bertz CT molecular complexity index is 589. The van der Waals surface area contributed by atoms with E-state index in [1.165, 1.54) is 0 Å². The maximum atomic E-state index is 12.4. The maximum absolute atomic E-state index is 12.4. The molecule has 1 heterocycles. The average Bonchev–Trinajstić information content (AvgIpc) is 2.61. The molecule has 3 rings (SSSR count). The van der Waals surface area contributed by atoms with Crippen molar-refractivity contribution in [1.82, 2.24) is 4.90 Å². The van der Waals surface area contributed by atoms with E-state index in [-0.39, 0.29) is 5.91 Å². The molecular formula is C19H21NO2. The quantitative estimate of drug-likeness (QED) is 0.862. The number of para-hydroxylation sites is 1. The summed E-state index contributed by atoms with van der Waals surface area (Å²) in [7, 11) is 0. The lowest BCUT2D eigenvalue weighted by atomic mass is 9.97. The second-order valence-corrected chi connectivity index (χ2v) is 5.73. The molecule has 2 aromatic rings. The van der Waals surface area contributed by atoms with Crippen molar-refractivity contribution in [2.24, 2.45) is 5.92 Å². The monoisotopic (exact) mass is 295 g/mol. The van der Waals surface area contributed by atoms with E-state index in [9.17, 15) is 4.79 Å². The number of amides is 1. The highest BCUT2D eigenvalue weighted by Gasteiger charge is 2.23. The molecule has 1 amide bonds. The third kappa shape index (κ3) is 3.67.